The fraction of sp³-hybridized carbons (Fsp3) is 0.250. The van der Waals surface area contributed by atoms with Gasteiger partial charge in [-0.15, -0.1) is 0 Å². The van der Waals surface area contributed by atoms with Gasteiger partial charge in [0.2, 0.25) is 0 Å². The number of nitrogens with zero attached hydrogens (tertiary/aromatic N) is 2. The van der Waals surface area contributed by atoms with Crippen LogP contribution in [0.1, 0.15) is 33.3 Å². The summed E-state index contributed by atoms with van der Waals surface area (Å²) in [6, 6.07) is 5.17. The number of thioether (sulfide) groups is 1. The van der Waals surface area contributed by atoms with E-state index in [1.807, 2.05) is 0 Å². The maximum Gasteiger partial charge on any atom is 0.346 e. The van der Waals surface area contributed by atoms with Crippen LogP contribution in [-0.2, 0) is 4.74 Å². The van der Waals surface area contributed by atoms with Gasteiger partial charge >= 0.3 is 11.7 Å². The van der Waals surface area contributed by atoms with Crippen molar-refractivity contribution >= 4 is 29.2 Å². The molecule has 0 amide bonds. The van der Waals surface area contributed by atoms with Crippen LogP contribution in [0.3, 0.4) is 0 Å². The lowest BCUT2D eigenvalue weighted by Gasteiger charge is -2.09. The van der Waals surface area contributed by atoms with E-state index < -0.39 is 16.6 Å². The molecule has 0 unspecified atom stereocenters. The maximum absolute atomic E-state index is 12.3. The highest BCUT2D eigenvalue weighted by atomic mass is 32.2. The minimum absolute atomic E-state index is 0.0971. The second-order valence-corrected chi connectivity index (χ2v) is 6.05. The van der Waals surface area contributed by atoms with E-state index in [9.17, 15) is 24.5 Å². The molecule has 0 atom stereocenters. The number of nitro groups is 1. The van der Waals surface area contributed by atoms with Gasteiger partial charge in [0.25, 0.3) is 5.69 Å². The third-order valence-corrected chi connectivity index (χ3v) is 4.28. The first-order valence-corrected chi connectivity index (χ1v) is 8.50. The fourth-order valence-corrected chi connectivity index (χ4v) is 3.06. The Hall–Kier alpha value is -3.01. The SMILES string of the molecule is CCOC(=O)c1c(SCC(=O)c2ccc([N+](=O)[O-])cc2)nc(=O)[nH]c1C. The van der Waals surface area contributed by atoms with Gasteiger partial charge in [0.05, 0.1) is 17.3 Å². The highest BCUT2D eigenvalue weighted by Gasteiger charge is 2.20. The zero-order valence-corrected chi connectivity index (χ0v) is 14.8. The first-order valence-electron chi connectivity index (χ1n) is 7.52. The number of ether oxygens (including phenoxy) is 1. The van der Waals surface area contributed by atoms with Crippen molar-refractivity contribution in [1.29, 1.82) is 0 Å². The van der Waals surface area contributed by atoms with Crippen molar-refractivity contribution in [3.8, 4) is 0 Å². The molecular weight excluding hydrogens is 362 g/mol. The number of ketones is 1. The van der Waals surface area contributed by atoms with Crippen LogP contribution in [0.15, 0.2) is 34.1 Å². The van der Waals surface area contributed by atoms with Crippen molar-refractivity contribution in [3.05, 3.63) is 61.7 Å². The van der Waals surface area contributed by atoms with Gasteiger partial charge < -0.3 is 9.72 Å². The van der Waals surface area contributed by atoms with Gasteiger partial charge in [0.1, 0.15) is 10.6 Å². The molecule has 1 heterocycles. The molecule has 26 heavy (non-hydrogen) atoms. The second-order valence-electron chi connectivity index (χ2n) is 5.08. The topological polar surface area (TPSA) is 132 Å². The van der Waals surface area contributed by atoms with Crippen LogP contribution in [-0.4, -0.2) is 39.0 Å². The van der Waals surface area contributed by atoms with Crippen LogP contribution >= 0.6 is 11.8 Å². The summed E-state index contributed by atoms with van der Waals surface area (Å²) in [6.45, 7) is 3.35. The first kappa shape index (κ1) is 19.3. The lowest BCUT2D eigenvalue weighted by atomic mass is 10.1. The number of carbonyl (C=O) groups is 2. The number of hydrogen-bond donors (Lipinski definition) is 1. The number of esters is 1. The molecule has 136 valence electrons. The number of hydrogen-bond acceptors (Lipinski definition) is 8. The normalized spacial score (nSPS) is 10.4. The molecule has 0 saturated heterocycles. The number of benzene rings is 1. The maximum atomic E-state index is 12.3. The van der Waals surface area contributed by atoms with Crippen LogP contribution in [0.5, 0.6) is 0 Å². The second kappa shape index (κ2) is 8.39. The summed E-state index contributed by atoms with van der Waals surface area (Å²) in [5.74, 6) is -1.06. The molecule has 1 aromatic heterocycles. The van der Waals surface area contributed by atoms with Crippen LogP contribution < -0.4 is 5.69 Å². The number of nitro benzene ring substituents is 1. The molecule has 0 aliphatic carbocycles. The third kappa shape index (κ3) is 4.54. The molecule has 10 heteroatoms. The number of aromatic amines is 1. The molecule has 9 nitrogen and oxygen atoms in total. The Morgan fingerprint density at radius 1 is 1.31 bits per heavy atom. The molecule has 1 aromatic carbocycles. The number of aromatic nitrogens is 2. The third-order valence-electron chi connectivity index (χ3n) is 3.31. The van der Waals surface area contributed by atoms with Gasteiger partial charge in [0, 0.05) is 23.4 Å². The lowest BCUT2D eigenvalue weighted by Crippen LogP contribution is -2.20. The molecule has 0 bridgehead atoms. The van der Waals surface area contributed by atoms with Crippen LogP contribution in [0.4, 0.5) is 5.69 Å². The van der Waals surface area contributed by atoms with E-state index >= 15 is 0 Å². The van der Waals surface area contributed by atoms with Crippen molar-refractivity contribution in [1.82, 2.24) is 9.97 Å². The summed E-state index contributed by atoms with van der Waals surface area (Å²) in [5, 5.41) is 10.7. The number of aryl methyl sites for hydroxylation is 1. The fourth-order valence-electron chi connectivity index (χ4n) is 2.09. The smallest absolute Gasteiger partial charge is 0.346 e. The standard InChI is InChI=1S/C16H15N3O6S/c1-3-25-15(21)13-9(2)17-16(22)18-14(13)26-8-12(20)10-4-6-11(7-5-10)19(23)24/h4-7H,3,8H2,1-2H3,(H,17,18,22). The van der Waals surface area contributed by atoms with Crippen molar-refractivity contribution < 1.29 is 19.2 Å². The molecule has 0 aliphatic heterocycles. The van der Waals surface area contributed by atoms with Crippen molar-refractivity contribution in [3.63, 3.8) is 0 Å². The van der Waals surface area contributed by atoms with E-state index in [0.29, 0.717) is 5.69 Å². The Morgan fingerprint density at radius 2 is 1.96 bits per heavy atom. The first-order chi connectivity index (χ1) is 12.3. The van der Waals surface area contributed by atoms with Crippen LogP contribution in [0.25, 0.3) is 0 Å². The monoisotopic (exact) mass is 377 g/mol. The zero-order chi connectivity index (χ0) is 19.3. The van der Waals surface area contributed by atoms with Gasteiger partial charge in [-0.2, -0.15) is 4.98 Å². The highest BCUT2D eigenvalue weighted by molar-refractivity contribution is 8.00. The van der Waals surface area contributed by atoms with Gasteiger partial charge in [-0.25, -0.2) is 9.59 Å². The van der Waals surface area contributed by atoms with E-state index in [1.54, 1.807) is 6.92 Å². The molecule has 0 fully saturated rings. The number of nitrogens with one attached hydrogen (secondary N) is 1. The molecule has 1 N–H and O–H groups in total. The summed E-state index contributed by atoms with van der Waals surface area (Å²) in [5.41, 5.74) is -0.0736. The zero-order valence-electron chi connectivity index (χ0n) is 14.0. The summed E-state index contributed by atoms with van der Waals surface area (Å²) in [7, 11) is 0. The Balaban J connectivity index is 2.20. The summed E-state index contributed by atoms with van der Waals surface area (Å²) >= 11 is 0.928. The molecule has 0 saturated carbocycles. The average molecular weight is 377 g/mol. The van der Waals surface area contributed by atoms with Gasteiger partial charge in [-0.1, -0.05) is 11.8 Å². The number of rotatable bonds is 7. The molecule has 0 spiro atoms. The van der Waals surface area contributed by atoms with E-state index in [2.05, 4.69) is 9.97 Å². The van der Waals surface area contributed by atoms with Crippen molar-refractivity contribution in [2.45, 2.75) is 18.9 Å². The van der Waals surface area contributed by atoms with Crippen LogP contribution in [0.2, 0.25) is 0 Å². The van der Waals surface area contributed by atoms with E-state index in [-0.39, 0.29) is 40.0 Å². The Kier molecular flexibility index (Phi) is 6.23. The summed E-state index contributed by atoms with van der Waals surface area (Å²) in [6.07, 6.45) is 0. The largest absolute Gasteiger partial charge is 0.462 e. The number of Topliss-reactive ketones (excluding diaryl/α,β-unsaturated/α-hetero) is 1. The number of H-pyrrole nitrogens is 1. The van der Waals surface area contributed by atoms with Gasteiger partial charge in [-0.05, 0) is 26.0 Å². The molecule has 2 rings (SSSR count). The number of non-ortho nitro benzene ring substituents is 1. The Labute approximate surface area is 151 Å². The summed E-state index contributed by atoms with van der Waals surface area (Å²) < 4.78 is 4.95. The highest BCUT2D eigenvalue weighted by Crippen LogP contribution is 2.23. The minimum Gasteiger partial charge on any atom is -0.462 e. The molecule has 0 radical (unpaired) electrons. The predicted octanol–water partition coefficient (Wildman–Crippen LogP) is 2.14. The molecular formula is C16H15N3O6S. The van der Waals surface area contributed by atoms with Crippen LogP contribution in [0, 0.1) is 17.0 Å². The van der Waals surface area contributed by atoms with Crippen molar-refractivity contribution in [2.24, 2.45) is 0 Å². The van der Waals surface area contributed by atoms with Gasteiger partial charge in [0.15, 0.2) is 5.78 Å². The summed E-state index contributed by atoms with van der Waals surface area (Å²) in [4.78, 5) is 52.2. The Morgan fingerprint density at radius 3 is 2.54 bits per heavy atom. The molecule has 0 aliphatic rings. The quantitative estimate of drug-likeness (QED) is 0.194. The van der Waals surface area contributed by atoms with Gasteiger partial charge in [-0.3, -0.25) is 14.9 Å². The average Bonchev–Trinajstić information content (AvgIpc) is 2.59. The predicted molar refractivity (Wildman–Crippen MR) is 93.7 cm³/mol. The minimum atomic E-state index is -0.640. The van der Waals surface area contributed by atoms with E-state index in [4.69, 9.17) is 4.74 Å². The van der Waals surface area contributed by atoms with E-state index in [0.717, 1.165) is 11.8 Å². The number of carbonyl (C=O) groups excluding carboxylic acids is 2. The lowest BCUT2D eigenvalue weighted by molar-refractivity contribution is -0.384. The Bertz CT molecular complexity index is 907. The van der Waals surface area contributed by atoms with Crippen molar-refractivity contribution in [2.75, 3.05) is 12.4 Å². The molecule has 2 aromatic rings. The van der Waals surface area contributed by atoms with E-state index in [1.165, 1.54) is 31.2 Å².